The molecule has 1 aromatic heterocycles. The van der Waals surface area contributed by atoms with Crippen molar-refractivity contribution in [3.63, 3.8) is 0 Å². The summed E-state index contributed by atoms with van der Waals surface area (Å²) in [6.45, 7) is 6.94. The van der Waals surface area contributed by atoms with E-state index in [0.29, 0.717) is 36.1 Å². The number of halogens is 1. The quantitative estimate of drug-likeness (QED) is 0.529. The highest BCUT2D eigenvalue weighted by Gasteiger charge is 2.13. The second kappa shape index (κ2) is 8.28. The van der Waals surface area contributed by atoms with Crippen LogP contribution in [0, 0.1) is 18.3 Å². The van der Waals surface area contributed by atoms with Crippen LogP contribution in [-0.4, -0.2) is 23.2 Å². The number of benzene rings is 2. The summed E-state index contributed by atoms with van der Waals surface area (Å²) in [7, 11) is 0. The predicted molar refractivity (Wildman–Crippen MR) is 111 cm³/mol. The van der Waals surface area contributed by atoms with Crippen LogP contribution in [-0.2, 0) is 0 Å². The standard InChI is InChI=1S/C21H20BrN3O2/c1-4-26-19-10-14(16(22)11-20(19)27-5-2)9-15(12-23)21-24-17-7-6-13(3)8-18(17)25-21/h6-11H,4-5H2,1-3H3,(H,24,25)/b15-9-. The molecule has 27 heavy (non-hydrogen) atoms. The van der Waals surface area contributed by atoms with Gasteiger partial charge in [0.25, 0.3) is 0 Å². The van der Waals surface area contributed by atoms with Gasteiger partial charge in [-0.2, -0.15) is 5.26 Å². The molecule has 6 heteroatoms. The van der Waals surface area contributed by atoms with Crippen molar-refractivity contribution < 1.29 is 9.47 Å². The lowest BCUT2D eigenvalue weighted by Crippen LogP contribution is -1.99. The van der Waals surface area contributed by atoms with E-state index in [2.05, 4.69) is 32.0 Å². The normalized spacial score (nSPS) is 11.4. The Morgan fingerprint density at radius 3 is 2.56 bits per heavy atom. The third-order valence-corrected chi connectivity index (χ3v) is 4.66. The number of H-pyrrole nitrogens is 1. The van der Waals surface area contributed by atoms with Gasteiger partial charge in [0.2, 0.25) is 0 Å². The lowest BCUT2D eigenvalue weighted by molar-refractivity contribution is 0.287. The van der Waals surface area contributed by atoms with Crippen molar-refractivity contribution in [1.82, 2.24) is 9.97 Å². The summed E-state index contributed by atoms with van der Waals surface area (Å²) in [6, 6.07) is 11.9. The van der Waals surface area contributed by atoms with Gasteiger partial charge in [0, 0.05) is 4.47 Å². The average molecular weight is 426 g/mol. The van der Waals surface area contributed by atoms with Crippen molar-refractivity contribution in [3.8, 4) is 17.6 Å². The number of nitrogens with zero attached hydrogens (tertiary/aromatic N) is 2. The molecule has 3 rings (SSSR count). The molecule has 138 valence electrons. The average Bonchev–Trinajstić information content (AvgIpc) is 3.06. The third-order valence-electron chi connectivity index (χ3n) is 3.98. The predicted octanol–water partition coefficient (Wildman–Crippen LogP) is 5.50. The smallest absolute Gasteiger partial charge is 0.162 e. The maximum atomic E-state index is 9.67. The first kappa shape index (κ1) is 19.0. The highest BCUT2D eigenvalue weighted by molar-refractivity contribution is 9.10. The molecule has 0 spiro atoms. The molecule has 0 saturated carbocycles. The van der Waals surface area contributed by atoms with E-state index in [1.54, 1.807) is 6.08 Å². The molecule has 0 unspecified atom stereocenters. The summed E-state index contributed by atoms with van der Waals surface area (Å²) >= 11 is 3.56. The van der Waals surface area contributed by atoms with Gasteiger partial charge < -0.3 is 14.5 Å². The molecule has 0 fully saturated rings. The Morgan fingerprint density at radius 2 is 1.89 bits per heavy atom. The van der Waals surface area contributed by atoms with Gasteiger partial charge >= 0.3 is 0 Å². The zero-order valence-corrected chi connectivity index (χ0v) is 17.1. The lowest BCUT2D eigenvalue weighted by atomic mass is 10.1. The molecular formula is C21H20BrN3O2. The van der Waals surface area contributed by atoms with E-state index in [4.69, 9.17) is 9.47 Å². The first-order valence-electron chi connectivity index (χ1n) is 8.73. The number of aryl methyl sites for hydroxylation is 1. The number of ether oxygens (including phenoxy) is 2. The second-order valence-electron chi connectivity index (χ2n) is 5.96. The minimum atomic E-state index is 0.441. The number of nitrogens with one attached hydrogen (secondary N) is 1. The zero-order valence-electron chi connectivity index (χ0n) is 15.5. The number of imidazole rings is 1. The number of fused-ring (bicyclic) bond motifs is 1. The van der Waals surface area contributed by atoms with Crippen LogP contribution in [0.15, 0.2) is 34.8 Å². The SMILES string of the molecule is CCOc1cc(Br)c(/C=C(/C#N)c2nc3ccc(C)cc3[nH]2)cc1OCC. The molecule has 0 bridgehead atoms. The first-order valence-corrected chi connectivity index (χ1v) is 9.52. The van der Waals surface area contributed by atoms with Gasteiger partial charge in [-0.25, -0.2) is 4.98 Å². The van der Waals surface area contributed by atoms with Crippen LogP contribution in [0.3, 0.4) is 0 Å². The summed E-state index contributed by atoms with van der Waals surface area (Å²) in [5.74, 6) is 1.85. The van der Waals surface area contributed by atoms with E-state index in [0.717, 1.165) is 26.6 Å². The third kappa shape index (κ3) is 4.15. The summed E-state index contributed by atoms with van der Waals surface area (Å²) in [4.78, 5) is 7.76. The molecule has 0 aliphatic rings. The van der Waals surface area contributed by atoms with Crippen LogP contribution in [0.4, 0.5) is 0 Å². The van der Waals surface area contributed by atoms with E-state index < -0.39 is 0 Å². The minimum absolute atomic E-state index is 0.441. The summed E-state index contributed by atoms with van der Waals surface area (Å²) in [5, 5.41) is 9.67. The molecule has 0 aliphatic carbocycles. The Labute approximate surface area is 166 Å². The molecule has 0 aliphatic heterocycles. The van der Waals surface area contributed by atoms with Crippen LogP contribution in [0.1, 0.15) is 30.8 Å². The van der Waals surface area contributed by atoms with Gasteiger partial charge in [-0.05, 0) is 62.2 Å². The number of allylic oxidation sites excluding steroid dienone is 1. The van der Waals surface area contributed by atoms with E-state index in [9.17, 15) is 5.26 Å². The van der Waals surface area contributed by atoms with Gasteiger partial charge in [0.15, 0.2) is 11.5 Å². The van der Waals surface area contributed by atoms with E-state index in [1.165, 1.54) is 0 Å². The van der Waals surface area contributed by atoms with Crippen LogP contribution in [0.2, 0.25) is 0 Å². The van der Waals surface area contributed by atoms with Gasteiger partial charge in [0.05, 0.1) is 29.8 Å². The summed E-state index contributed by atoms with van der Waals surface area (Å²) in [5.41, 5.74) is 4.13. The minimum Gasteiger partial charge on any atom is -0.490 e. The highest BCUT2D eigenvalue weighted by atomic mass is 79.9. The molecule has 0 amide bonds. The van der Waals surface area contributed by atoms with E-state index in [-0.39, 0.29) is 0 Å². The molecule has 0 saturated heterocycles. The Morgan fingerprint density at radius 1 is 1.19 bits per heavy atom. The largest absolute Gasteiger partial charge is 0.490 e. The number of hydrogen-bond donors (Lipinski definition) is 1. The molecule has 1 N–H and O–H groups in total. The molecule has 1 heterocycles. The van der Waals surface area contributed by atoms with Crippen molar-refractivity contribution >= 4 is 38.6 Å². The Kier molecular flexibility index (Phi) is 5.82. The van der Waals surface area contributed by atoms with Gasteiger partial charge in [0.1, 0.15) is 11.9 Å². The van der Waals surface area contributed by atoms with Crippen molar-refractivity contribution in [2.24, 2.45) is 0 Å². The van der Waals surface area contributed by atoms with Crippen molar-refractivity contribution in [3.05, 3.63) is 51.8 Å². The lowest BCUT2D eigenvalue weighted by Gasteiger charge is -2.13. The van der Waals surface area contributed by atoms with Crippen LogP contribution >= 0.6 is 15.9 Å². The first-order chi connectivity index (χ1) is 13.0. The van der Waals surface area contributed by atoms with Crippen molar-refractivity contribution in [2.45, 2.75) is 20.8 Å². The Balaban J connectivity index is 2.06. The van der Waals surface area contributed by atoms with Crippen molar-refractivity contribution in [2.75, 3.05) is 13.2 Å². The van der Waals surface area contributed by atoms with Crippen LogP contribution in [0.5, 0.6) is 11.5 Å². The maximum Gasteiger partial charge on any atom is 0.162 e. The van der Waals surface area contributed by atoms with Crippen LogP contribution in [0.25, 0.3) is 22.7 Å². The molecule has 5 nitrogen and oxygen atoms in total. The fraction of sp³-hybridized carbons (Fsp3) is 0.238. The molecule has 3 aromatic rings. The topological polar surface area (TPSA) is 70.9 Å². The Bertz CT molecular complexity index is 1050. The number of nitriles is 1. The van der Waals surface area contributed by atoms with Crippen LogP contribution < -0.4 is 9.47 Å². The van der Waals surface area contributed by atoms with Gasteiger partial charge in [-0.1, -0.05) is 22.0 Å². The van der Waals surface area contributed by atoms with Gasteiger partial charge in [-0.3, -0.25) is 0 Å². The summed E-state index contributed by atoms with van der Waals surface area (Å²) in [6.07, 6.45) is 1.78. The zero-order chi connectivity index (χ0) is 19.4. The second-order valence-corrected chi connectivity index (χ2v) is 6.82. The van der Waals surface area contributed by atoms with Crippen molar-refractivity contribution in [1.29, 1.82) is 5.26 Å². The maximum absolute atomic E-state index is 9.67. The van der Waals surface area contributed by atoms with Gasteiger partial charge in [-0.15, -0.1) is 0 Å². The molecular weight excluding hydrogens is 406 g/mol. The van der Waals surface area contributed by atoms with E-state index >= 15 is 0 Å². The number of aromatic amines is 1. The number of aromatic nitrogens is 2. The summed E-state index contributed by atoms with van der Waals surface area (Å²) < 4.78 is 12.1. The number of hydrogen-bond acceptors (Lipinski definition) is 4. The number of rotatable bonds is 6. The fourth-order valence-corrected chi connectivity index (χ4v) is 3.20. The molecule has 0 atom stereocenters. The Hall–Kier alpha value is -2.78. The molecule has 2 aromatic carbocycles. The van der Waals surface area contributed by atoms with E-state index in [1.807, 2.05) is 51.1 Å². The monoisotopic (exact) mass is 425 g/mol. The fourth-order valence-electron chi connectivity index (χ4n) is 2.76. The molecule has 0 radical (unpaired) electrons. The highest BCUT2D eigenvalue weighted by Crippen LogP contribution is 2.35.